The first-order chi connectivity index (χ1) is 11.0. The number of hydrogen-bond donors (Lipinski definition) is 0. The number of fused-ring (bicyclic) bond motifs is 1. The summed E-state index contributed by atoms with van der Waals surface area (Å²) in [6, 6.07) is 17.2. The van der Waals surface area contributed by atoms with Crippen LogP contribution in [0, 0.1) is 0 Å². The zero-order valence-electron chi connectivity index (χ0n) is 13.5. The summed E-state index contributed by atoms with van der Waals surface area (Å²) in [6.45, 7) is 6.30. The van der Waals surface area contributed by atoms with E-state index in [1.807, 2.05) is 42.5 Å². The lowest BCUT2D eigenvalue weighted by molar-refractivity contribution is 0.112. The van der Waals surface area contributed by atoms with Gasteiger partial charge in [0.1, 0.15) is 11.5 Å². The first-order valence-corrected chi connectivity index (χ1v) is 7.61. The number of pyridine rings is 1. The van der Waals surface area contributed by atoms with Crippen molar-refractivity contribution in [2.75, 3.05) is 0 Å². The Morgan fingerprint density at radius 2 is 1.65 bits per heavy atom. The van der Waals surface area contributed by atoms with E-state index in [-0.39, 0.29) is 5.41 Å². The zero-order valence-corrected chi connectivity index (χ0v) is 13.5. The van der Waals surface area contributed by atoms with Crippen molar-refractivity contribution in [3.63, 3.8) is 0 Å². The normalized spacial score (nSPS) is 11.4. The van der Waals surface area contributed by atoms with Crippen molar-refractivity contribution in [3.8, 4) is 11.5 Å². The number of para-hydroxylation sites is 2. The van der Waals surface area contributed by atoms with E-state index in [4.69, 9.17) is 9.72 Å². The number of aromatic nitrogens is 1. The van der Waals surface area contributed by atoms with Crippen molar-refractivity contribution in [1.82, 2.24) is 4.98 Å². The van der Waals surface area contributed by atoms with Gasteiger partial charge in [0.05, 0.1) is 16.8 Å². The fourth-order valence-electron chi connectivity index (χ4n) is 2.50. The Labute approximate surface area is 135 Å². The summed E-state index contributed by atoms with van der Waals surface area (Å²) >= 11 is 0. The van der Waals surface area contributed by atoms with Crippen molar-refractivity contribution < 1.29 is 9.53 Å². The third-order valence-electron chi connectivity index (χ3n) is 3.67. The Hall–Kier alpha value is -2.68. The molecule has 1 aromatic heterocycles. The highest BCUT2D eigenvalue weighted by atomic mass is 16.5. The van der Waals surface area contributed by atoms with Crippen LogP contribution in [0.1, 0.15) is 36.8 Å². The predicted octanol–water partition coefficient (Wildman–Crippen LogP) is 5.14. The topological polar surface area (TPSA) is 39.2 Å². The highest BCUT2D eigenvalue weighted by Gasteiger charge is 2.22. The lowest BCUT2D eigenvalue weighted by atomic mass is 9.90. The molecule has 0 amide bonds. The number of hydrogen-bond acceptors (Lipinski definition) is 3. The van der Waals surface area contributed by atoms with E-state index in [1.165, 1.54) is 0 Å². The van der Waals surface area contributed by atoms with E-state index in [0.717, 1.165) is 22.9 Å². The number of nitrogens with zero attached hydrogens (tertiary/aromatic N) is 1. The molecule has 3 nitrogen and oxygen atoms in total. The Balaban J connectivity index is 2.17. The molecular weight excluding hydrogens is 286 g/mol. The van der Waals surface area contributed by atoms with E-state index < -0.39 is 0 Å². The zero-order chi connectivity index (χ0) is 16.4. The molecule has 0 radical (unpaired) electrons. The number of rotatable bonds is 3. The monoisotopic (exact) mass is 305 g/mol. The molecule has 0 spiro atoms. The third kappa shape index (κ3) is 3.09. The second-order valence-corrected chi connectivity index (χ2v) is 6.54. The second kappa shape index (κ2) is 5.84. The average molecular weight is 305 g/mol. The molecule has 2 aromatic carbocycles. The van der Waals surface area contributed by atoms with Gasteiger partial charge >= 0.3 is 0 Å². The van der Waals surface area contributed by atoms with Gasteiger partial charge in [-0.15, -0.1) is 0 Å². The van der Waals surface area contributed by atoms with E-state index in [0.29, 0.717) is 17.1 Å². The largest absolute Gasteiger partial charge is 0.455 e. The molecule has 0 atom stereocenters. The third-order valence-corrected chi connectivity index (χ3v) is 3.67. The van der Waals surface area contributed by atoms with E-state index in [2.05, 4.69) is 20.8 Å². The first kappa shape index (κ1) is 15.2. The lowest BCUT2D eigenvalue weighted by Crippen LogP contribution is -2.15. The Bertz CT molecular complexity index is 863. The summed E-state index contributed by atoms with van der Waals surface area (Å²) < 4.78 is 6.07. The van der Waals surface area contributed by atoms with Crippen LogP contribution in [0.2, 0.25) is 0 Å². The van der Waals surface area contributed by atoms with Gasteiger partial charge in [0.25, 0.3) is 0 Å². The molecule has 0 unspecified atom stereocenters. The highest BCUT2D eigenvalue weighted by molar-refractivity contribution is 5.82. The molecule has 1 heterocycles. The number of ether oxygens (including phenoxy) is 1. The van der Waals surface area contributed by atoms with Gasteiger partial charge in [-0.1, -0.05) is 51.1 Å². The molecule has 0 bridgehead atoms. The van der Waals surface area contributed by atoms with Crippen LogP contribution >= 0.6 is 0 Å². The van der Waals surface area contributed by atoms with Crippen LogP contribution in [-0.4, -0.2) is 11.3 Å². The van der Waals surface area contributed by atoms with Gasteiger partial charge in [-0.2, -0.15) is 0 Å². The molecule has 3 rings (SSSR count). The number of benzene rings is 2. The van der Waals surface area contributed by atoms with Gasteiger partial charge in [0.2, 0.25) is 0 Å². The molecule has 3 heteroatoms. The predicted molar refractivity (Wildman–Crippen MR) is 92.3 cm³/mol. The second-order valence-electron chi connectivity index (χ2n) is 6.54. The fourth-order valence-corrected chi connectivity index (χ4v) is 2.50. The minimum atomic E-state index is -0.171. The maximum absolute atomic E-state index is 11.2. The average Bonchev–Trinajstić information content (AvgIpc) is 2.54. The van der Waals surface area contributed by atoms with Crippen LogP contribution in [0.3, 0.4) is 0 Å². The lowest BCUT2D eigenvalue weighted by Gasteiger charge is -2.22. The Morgan fingerprint density at radius 1 is 0.957 bits per heavy atom. The maximum atomic E-state index is 11.2. The van der Waals surface area contributed by atoms with Crippen molar-refractivity contribution in [3.05, 3.63) is 65.9 Å². The molecule has 0 saturated heterocycles. The Morgan fingerprint density at radius 3 is 2.39 bits per heavy atom. The molecule has 0 fully saturated rings. The van der Waals surface area contributed by atoms with Crippen LogP contribution < -0.4 is 4.74 Å². The molecule has 3 aromatic rings. The minimum absolute atomic E-state index is 0.171. The molecule has 0 saturated carbocycles. The van der Waals surface area contributed by atoms with Crippen LogP contribution in [0.4, 0.5) is 0 Å². The minimum Gasteiger partial charge on any atom is -0.455 e. The fraction of sp³-hybridized carbons (Fsp3) is 0.200. The quantitative estimate of drug-likeness (QED) is 0.629. The van der Waals surface area contributed by atoms with Gasteiger partial charge in [-0.05, 0) is 24.3 Å². The van der Waals surface area contributed by atoms with Crippen LogP contribution in [0.15, 0.2) is 54.6 Å². The van der Waals surface area contributed by atoms with Crippen LogP contribution in [0.5, 0.6) is 11.5 Å². The molecule has 116 valence electrons. The number of carbonyl (C=O) groups is 1. The molecule has 0 aliphatic carbocycles. The van der Waals surface area contributed by atoms with Gasteiger partial charge in [-0.3, -0.25) is 4.79 Å². The standard InChI is InChI=1S/C20H19NO2/c1-20(2,3)19-18(12-14-8-4-6-10-16(14)21-19)23-17-11-7-5-9-15(17)13-22/h4-13H,1-3H3. The summed E-state index contributed by atoms with van der Waals surface area (Å²) in [4.78, 5) is 16.0. The molecule has 23 heavy (non-hydrogen) atoms. The highest BCUT2D eigenvalue weighted by Crippen LogP contribution is 2.35. The van der Waals surface area contributed by atoms with Crippen LogP contribution in [0.25, 0.3) is 10.9 Å². The van der Waals surface area contributed by atoms with Gasteiger partial charge in [0.15, 0.2) is 6.29 Å². The summed E-state index contributed by atoms with van der Waals surface area (Å²) in [7, 11) is 0. The van der Waals surface area contributed by atoms with E-state index in [1.54, 1.807) is 12.1 Å². The SMILES string of the molecule is CC(C)(C)c1nc2ccccc2cc1Oc1ccccc1C=O. The molecule has 0 aliphatic rings. The van der Waals surface area contributed by atoms with E-state index >= 15 is 0 Å². The molecule has 0 aliphatic heterocycles. The number of aldehydes is 1. The van der Waals surface area contributed by atoms with Crippen molar-refractivity contribution in [1.29, 1.82) is 0 Å². The first-order valence-electron chi connectivity index (χ1n) is 7.61. The Kier molecular flexibility index (Phi) is 3.87. The van der Waals surface area contributed by atoms with Gasteiger partial charge < -0.3 is 4.74 Å². The molecule has 0 N–H and O–H groups in total. The number of carbonyl (C=O) groups excluding carboxylic acids is 1. The van der Waals surface area contributed by atoms with Crippen LogP contribution in [-0.2, 0) is 5.41 Å². The van der Waals surface area contributed by atoms with Crippen molar-refractivity contribution in [2.24, 2.45) is 0 Å². The van der Waals surface area contributed by atoms with Gasteiger partial charge in [-0.25, -0.2) is 4.98 Å². The summed E-state index contributed by atoms with van der Waals surface area (Å²) in [6.07, 6.45) is 0.806. The summed E-state index contributed by atoms with van der Waals surface area (Å²) in [5.74, 6) is 1.23. The summed E-state index contributed by atoms with van der Waals surface area (Å²) in [5.41, 5.74) is 2.17. The van der Waals surface area contributed by atoms with Gasteiger partial charge in [0, 0.05) is 10.8 Å². The molecular formula is C20H19NO2. The van der Waals surface area contributed by atoms with Crippen molar-refractivity contribution >= 4 is 17.2 Å². The van der Waals surface area contributed by atoms with Crippen molar-refractivity contribution in [2.45, 2.75) is 26.2 Å². The maximum Gasteiger partial charge on any atom is 0.153 e. The smallest absolute Gasteiger partial charge is 0.153 e. The summed E-state index contributed by atoms with van der Waals surface area (Å²) in [5, 5.41) is 1.01. The van der Waals surface area contributed by atoms with E-state index in [9.17, 15) is 4.79 Å².